The van der Waals surface area contributed by atoms with Gasteiger partial charge in [0.25, 0.3) is 5.88 Å². The summed E-state index contributed by atoms with van der Waals surface area (Å²) in [6, 6.07) is 24.7. The predicted octanol–water partition coefficient (Wildman–Crippen LogP) is 6.72. The van der Waals surface area contributed by atoms with E-state index in [-0.39, 0.29) is 23.1 Å². The van der Waals surface area contributed by atoms with Gasteiger partial charge in [-0.05, 0) is 47.3 Å². The van der Waals surface area contributed by atoms with Crippen molar-refractivity contribution in [1.29, 1.82) is 0 Å². The van der Waals surface area contributed by atoms with Crippen molar-refractivity contribution >= 4 is 17.6 Å². The number of ether oxygens (including phenoxy) is 2. The molecule has 0 saturated carbocycles. The minimum Gasteiger partial charge on any atom is -0.475 e. The van der Waals surface area contributed by atoms with Crippen LogP contribution in [0.5, 0.6) is 5.88 Å². The molecule has 6 nitrogen and oxygen atoms in total. The number of alkyl halides is 3. The van der Waals surface area contributed by atoms with Crippen LogP contribution >= 0.6 is 11.6 Å². The molecule has 0 saturated heterocycles. The molecule has 1 N–H and O–H groups in total. The van der Waals surface area contributed by atoms with Gasteiger partial charge in [-0.15, -0.1) is 0 Å². The van der Waals surface area contributed by atoms with E-state index in [9.17, 15) is 18.0 Å². The Morgan fingerprint density at radius 2 is 1.62 bits per heavy atom. The number of hydrogen-bond acceptors (Lipinski definition) is 6. The summed E-state index contributed by atoms with van der Waals surface area (Å²) in [6.07, 6.45) is -3.73. The molecule has 0 bridgehead atoms. The van der Waals surface area contributed by atoms with Crippen molar-refractivity contribution in [3.05, 3.63) is 118 Å². The highest BCUT2D eigenvalue weighted by atomic mass is 35.5. The van der Waals surface area contributed by atoms with Crippen LogP contribution in [0.15, 0.2) is 89.5 Å². The number of halogens is 4. The molecule has 0 spiro atoms. The Kier molecular flexibility index (Phi) is 9.50. The minimum atomic E-state index is -4.56. The summed E-state index contributed by atoms with van der Waals surface area (Å²) in [5.41, 5.74) is 0.711. The normalized spacial score (nSPS) is 11.8. The highest BCUT2D eigenvalue weighted by Gasteiger charge is 2.38. The molecular formula is C30H28ClF3N2O4. The SMILES string of the molecule is COC(=O)c1cc(OCCCNCC(Cc2cccc(C(F)(F)F)c2Cl)(c2ccccc2)c2ccccc2)no1. The number of aromatic nitrogens is 1. The van der Waals surface area contributed by atoms with E-state index in [1.165, 1.54) is 19.2 Å². The van der Waals surface area contributed by atoms with Gasteiger partial charge in [0.2, 0.25) is 5.76 Å². The Hall–Kier alpha value is -3.82. The lowest BCUT2D eigenvalue weighted by atomic mass is 9.70. The third kappa shape index (κ3) is 6.84. The molecule has 0 aliphatic heterocycles. The number of methoxy groups -OCH3 is 1. The van der Waals surface area contributed by atoms with Crippen LogP contribution in [-0.2, 0) is 22.7 Å². The average Bonchev–Trinajstić information content (AvgIpc) is 3.44. The Labute approximate surface area is 235 Å². The topological polar surface area (TPSA) is 73.6 Å². The molecule has 1 aromatic heterocycles. The summed E-state index contributed by atoms with van der Waals surface area (Å²) in [5.74, 6) is -0.537. The van der Waals surface area contributed by atoms with E-state index in [1.807, 2.05) is 60.7 Å². The molecule has 4 aromatic rings. The molecule has 4 rings (SSSR count). The van der Waals surface area contributed by atoms with Gasteiger partial charge in [0.05, 0.1) is 30.4 Å². The fraction of sp³-hybridized carbons (Fsp3) is 0.267. The molecular weight excluding hydrogens is 545 g/mol. The predicted molar refractivity (Wildman–Crippen MR) is 145 cm³/mol. The standard InChI is InChI=1S/C30H28ClF3N2O4/c1-38-28(37)25-18-26(36-40-25)39-17-9-16-35-20-29(22-11-4-2-5-12-22,23-13-6-3-7-14-23)19-21-10-8-15-24(27(21)31)30(32,33)34/h2-8,10-15,18,35H,9,16-17,19-20H2,1H3. The Morgan fingerprint density at radius 1 is 0.975 bits per heavy atom. The van der Waals surface area contributed by atoms with Gasteiger partial charge in [-0.1, -0.05) is 84.4 Å². The fourth-order valence-corrected chi connectivity index (χ4v) is 4.91. The molecule has 1 heterocycles. The molecule has 0 unspecified atom stereocenters. The van der Waals surface area contributed by atoms with Crippen LogP contribution in [0.1, 0.15) is 39.2 Å². The largest absolute Gasteiger partial charge is 0.475 e. The van der Waals surface area contributed by atoms with Gasteiger partial charge in [-0.25, -0.2) is 4.79 Å². The lowest BCUT2D eigenvalue weighted by Gasteiger charge is -2.36. The summed E-state index contributed by atoms with van der Waals surface area (Å²) >= 11 is 6.37. The van der Waals surface area contributed by atoms with Crippen molar-refractivity contribution in [3.63, 3.8) is 0 Å². The molecule has 0 radical (unpaired) electrons. The van der Waals surface area contributed by atoms with Crippen molar-refractivity contribution in [3.8, 4) is 5.88 Å². The van der Waals surface area contributed by atoms with E-state index < -0.39 is 23.1 Å². The van der Waals surface area contributed by atoms with E-state index in [0.29, 0.717) is 31.7 Å². The van der Waals surface area contributed by atoms with Gasteiger partial charge in [-0.3, -0.25) is 0 Å². The molecule has 10 heteroatoms. The van der Waals surface area contributed by atoms with Crippen LogP contribution in [0.3, 0.4) is 0 Å². The van der Waals surface area contributed by atoms with Crippen molar-refractivity contribution in [2.24, 2.45) is 0 Å². The maximum absolute atomic E-state index is 13.7. The molecule has 0 atom stereocenters. The quantitative estimate of drug-likeness (QED) is 0.150. The molecule has 40 heavy (non-hydrogen) atoms. The first-order valence-corrected chi connectivity index (χ1v) is 13.0. The first kappa shape index (κ1) is 29.2. The monoisotopic (exact) mass is 572 g/mol. The zero-order chi connectivity index (χ0) is 28.6. The van der Waals surface area contributed by atoms with Crippen LogP contribution in [-0.4, -0.2) is 37.9 Å². The number of hydrogen-bond donors (Lipinski definition) is 1. The lowest BCUT2D eigenvalue weighted by molar-refractivity contribution is -0.137. The van der Waals surface area contributed by atoms with Gasteiger partial charge in [0.15, 0.2) is 0 Å². The lowest BCUT2D eigenvalue weighted by Crippen LogP contribution is -2.42. The van der Waals surface area contributed by atoms with E-state index in [2.05, 4.69) is 15.2 Å². The van der Waals surface area contributed by atoms with Gasteiger partial charge in [0, 0.05) is 12.0 Å². The molecule has 0 aliphatic rings. The number of nitrogens with one attached hydrogen (secondary N) is 1. The van der Waals surface area contributed by atoms with Crippen molar-refractivity contribution in [2.45, 2.75) is 24.4 Å². The Bertz CT molecular complexity index is 1360. The molecule has 3 aromatic carbocycles. The minimum absolute atomic E-state index is 0.0561. The van der Waals surface area contributed by atoms with Crippen molar-refractivity contribution in [2.75, 3.05) is 26.8 Å². The first-order valence-electron chi connectivity index (χ1n) is 12.6. The van der Waals surface area contributed by atoms with Gasteiger partial charge < -0.3 is 19.3 Å². The highest BCUT2D eigenvalue weighted by Crippen LogP contribution is 2.41. The van der Waals surface area contributed by atoms with Crippen LogP contribution in [0.25, 0.3) is 0 Å². The number of nitrogens with zero attached hydrogens (tertiary/aromatic N) is 1. The summed E-state index contributed by atoms with van der Waals surface area (Å²) in [7, 11) is 1.24. The van der Waals surface area contributed by atoms with Gasteiger partial charge >= 0.3 is 12.1 Å². The third-order valence-electron chi connectivity index (χ3n) is 6.58. The average molecular weight is 573 g/mol. The Morgan fingerprint density at radius 3 is 2.23 bits per heavy atom. The van der Waals surface area contributed by atoms with Crippen molar-refractivity contribution in [1.82, 2.24) is 10.5 Å². The first-order chi connectivity index (χ1) is 19.2. The number of carbonyl (C=O) groups excluding carboxylic acids is 1. The van der Waals surface area contributed by atoms with Gasteiger partial charge in [-0.2, -0.15) is 13.2 Å². The second kappa shape index (κ2) is 13.0. The zero-order valence-corrected chi connectivity index (χ0v) is 22.5. The van der Waals surface area contributed by atoms with Crippen molar-refractivity contribution < 1.29 is 32.0 Å². The number of rotatable bonds is 12. The summed E-state index contributed by atoms with van der Waals surface area (Å²) < 4.78 is 56.0. The second-order valence-corrected chi connectivity index (χ2v) is 9.55. The fourth-order valence-electron chi connectivity index (χ4n) is 4.61. The molecule has 210 valence electrons. The van der Waals surface area contributed by atoms with E-state index in [1.54, 1.807) is 6.07 Å². The van der Waals surface area contributed by atoms with Crippen LogP contribution in [0.4, 0.5) is 13.2 Å². The second-order valence-electron chi connectivity index (χ2n) is 9.17. The molecule has 0 aliphatic carbocycles. The third-order valence-corrected chi connectivity index (χ3v) is 7.03. The number of benzene rings is 3. The zero-order valence-electron chi connectivity index (χ0n) is 21.7. The van der Waals surface area contributed by atoms with Crippen LogP contribution in [0, 0.1) is 0 Å². The van der Waals surface area contributed by atoms with E-state index in [4.69, 9.17) is 20.9 Å². The van der Waals surface area contributed by atoms with Gasteiger partial charge in [0.1, 0.15) is 0 Å². The maximum atomic E-state index is 13.7. The van der Waals surface area contributed by atoms with E-state index in [0.717, 1.165) is 17.2 Å². The smallest absolute Gasteiger partial charge is 0.417 e. The molecule has 0 fully saturated rings. The maximum Gasteiger partial charge on any atom is 0.417 e. The van der Waals surface area contributed by atoms with E-state index >= 15 is 0 Å². The number of carbonyl (C=O) groups is 1. The number of esters is 1. The van der Waals surface area contributed by atoms with Crippen LogP contribution in [0.2, 0.25) is 5.02 Å². The summed E-state index contributed by atoms with van der Waals surface area (Å²) in [5, 5.41) is 6.86. The molecule has 0 amide bonds. The summed E-state index contributed by atoms with van der Waals surface area (Å²) in [6.45, 7) is 1.26. The summed E-state index contributed by atoms with van der Waals surface area (Å²) in [4.78, 5) is 11.5. The Balaban J connectivity index is 1.55. The highest BCUT2D eigenvalue weighted by molar-refractivity contribution is 6.32. The van der Waals surface area contributed by atoms with Crippen LogP contribution < -0.4 is 10.1 Å².